The third-order valence-electron chi connectivity index (χ3n) is 4.96. The number of benzene rings is 3. The Morgan fingerprint density at radius 2 is 1.77 bits per heavy atom. The van der Waals surface area contributed by atoms with E-state index in [0.29, 0.717) is 41.4 Å². The molecule has 31 heavy (non-hydrogen) atoms. The zero-order valence-electron chi connectivity index (χ0n) is 16.9. The Morgan fingerprint density at radius 1 is 1.06 bits per heavy atom. The SMILES string of the molecule is Cc1cc(Oc2ccc(C#N)cc2)ccc1NC(=O)c1ccc(N2CCNC2=O)cc1. The van der Waals surface area contributed by atoms with E-state index in [1.807, 2.05) is 13.0 Å². The lowest BCUT2D eigenvalue weighted by molar-refractivity contribution is 0.102. The monoisotopic (exact) mass is 412 g/mol. The minimum Gasteiger partial charge on any atom is -0.457 e. The molecule has 7 heteroatoms. The van der Waals surface area contributed by atoms with Crippen molar-refractivity contribution in [1.29, 1.82) is 5.26 Å². The van der Waals surface area contributed by atoms with Crippen LogP contribution < -0.4 is 20.3 Å². The summed E-state index contributed by atoms with van der Waals surface area (Å²) in [6, 6.07) is 21.1. The maximum atomic E-state index is 12.6. The van der Waals surface area contributed by atoms with Gasteiger partial charge in [0.05, 0.1) is 11.6 Å². The summed E-state index contributed by atoms with van der Waals surface area (Å²) in [7, 11) is 0. The van der Waals surface area contributed by atoms with Crippen molar-refractivity contribution in [2.45, 2.75) is 6.92 Å². The van der Waals surface area contributed by atoms with Gasteiger partial charge in [0.2, 0.25) is 0 Å². The Balaban J connectivity index is 1.42. The third kappa shape index (κ3) is 4.49. The van der Waals surface area contributed by atoms with Crippen molar-refractivity contribution in [3.63, 3.8) is 0 Å². The topological polar surface area (TPSA) is 94.5 Å². The summed E-state index contributed by atoms with van der Waals surface area (Å²) in [5.41, 5.74) is 3.36. The summed E-state index contributed by atoms with van der Waals surface area (Å²) in [5.74, 6) is 1.02. The number of carbonyl (C=O) groups is 2. The fourth-order valence-corrected chi connectivity index (χ4v) is 3.28. The summed E-state index contributed by atoms with van der Waals surface area (Å²) in [5, 5.41) is 14.5. The zero-order chi connectivity index (χ0) is 21.8. The minimum absolute atomic E-state index is 0.129. The maximum Gasteiger partial charge on any atom is 0.321 e. The molecule has 1 aliphatic heterocycles. The molecule has 0 aromatic heterocycles. The fraction of sp³-hybridized carbons (Fsp3) is 0.125. The number of anilines is 2. The maximum absolute atomic E-state index is 12.6. The summed E-state index contributed by atoms with van der Waals surface area (Å²) in [6.45, 7) is 3.11. The molecule has 0 spiro atoms. The van der Waals surface area contributed by atoms with Gasteiger partial charge in [-0.1, -0.05) is 0 Å². The van der Waals surface area contributed by atoms with Gasteiger partial charge in [0.15, 0.2) is 0 Å². The second-order valence-corrected chi connectivity index (χ2v) is 7.10. The van der Waals surface area contributed by atoms with Gasteiger partial charge >= 0.3 is 6.03 Å². The summed E-state index contributed by atoms with van der Waals surface area (Å²) >= 11 is 0. The molecule has 0 radical (unpaired) electrons. The first-order valence-corrected chi connectivity index (χ1v) is 9.79. The van der Waals surface area contributed by atoms with Crippen LogP contribution in [-0.2, 0) is 0 Å². The standard InChI is InChI=1S/C24H20N4O3/c1-16-14-21(31-20-8-2-17(15-25)3-9-20)10-11-22(16)27-23(29)18-4-6-19(7-5-18)28-13-12-26-24(28)30/h2-11,14H,12-13H2,1H3,(H,26,30)(H,27,29). The van der Waals surface area contributed by atoms with Crippen LogP contribution >= 0.6 is 0 Å². The van der Waals surface area contributed by atoms with E-state index >= 15 is 0 Å². The number of carbonyl (C=O) groups excluding carboxylic acids is 2. The van der Waals surface area contributed by atoms with Crippen LogP contribution in [-0.4, -0.2) is 25.0 Å². The molecule has 1 heterocycles. The Kier molecular flexibility index (Phi) is 5.54. The molecular weight excluding hydrogens is 392 g/mol. The van der Waals surface area contributed by atoms with E-state index < -0.39 is 0 Å². The highest BCUT2D eigenvalue weighted by Gasteiger charge is 2.21. The first-order valence-electron chi connectivity index (χ1n) is 9.79. The molecule has 4 rings (SSSR count). The van der Waals surface area contributed by atoms with Crippen LogP contribution in [0.15, 0.2) is 66.7 Å². The molecule has 0 saturated carbocycles. The molecule has 2 N–H and O–H groups in total. The van der Waals surface area contributed by atoms with Gasteiger partial charge in [-0.25, -0.2) is 4.79 Å². The average molecular weight is 412 g/mol. The van der Waals surface area contributed by atoms with E-state index in [1.165, 1.54) is 0 Å². The predicted molar refractivity (Wildman–Crippen MR) is 118 cm³/mol. The Morgan fingerprint density at radius 3 is 2.39 bits per heavy atom. The molecule has 1 saturated heterocycles. The van der Waals surface area contributed by atoms with Crippen LogP contribution in [0, 0.1) is 18.3 Å². The van der Waals surface area contributed by atoms with E-state index in [-0.39, 0.29) is 11.9 Å². The quantitative estimate of drug-likeness (QED) is 0.648. The van der Waals surface area contributed by atoms with E-state index in [0.717, 1.165) is 11.3 Å². The number of aryl methyl sites for hydroxylation is 1. The lowest BCUT2D eigenvalue weighted by Crippen LogP contribution is -2.27. The number of nitrogens with zero attached hydrogens (tertiary/aromatic N) is 2. The first-order chi connectivity index (χ1) is 15.0. The molecule has 3 aromatic rings. The molecule has 7 nitrogen and oxygen atoms in total. The van der Waals surface area contributed by atoms with Crippen LogP contribution in [0.4, 0.5) is 16.2 Å². The van der Waals surface area contributed by atoms with Crippen molar-refractivity contribution in [2.24, 2.45) is 0 Å². The number of rotatable bonds is 5. The molecule has 154 valence electrons. The molecule has 3 aromatic carbocycles. The summed E-state index contributed by atoms with van der Waals surface area (Å²) in [4.78, 5) is 26.0. The zero-order valence-corrected chi connectivity index (χ0v) is 16.9. The van der Waals surface area contributed by atoms with Gasteiger partial charge in [-0.2, -0.15) is 5.26 Å². The third-order valence-corrected chi connectivity index (χ3v) is 4.96. The number of nitrogens with one attached hydrogen (secondary N) is 2. The van der Waals surface area contributed by atoms with Crippen molar-refractivity contribution < 1.29 is 14.3 Å². The lowest BCUT2D eigenvalue weighted by Gasteiger charge is -2.15. The van der Waals surface area contributed by atoms with Crippen molar-refractivity contribution in [3.05, 3.63) is 83.4 Å². The van der Waals surface area contributed by atoms with Crippen LogP contribution in [0.3, 0.4) is 0 Å². The van der Waals surface area contributed by atoms with E-state index in [2.05, 4.69) is 16.7 Å². The van der Waals surface area contributed by atoms with Gasteiger partial charge in [0, 0.05) is 30.0 Å². The molecule has 1 fully saturated rings. The van der Waals surface area contributed by atoms with Gasteiger partial charge in [-0.3, -0.25) is 9.69 Å². The fourth-order valence-electron chi connectivity index (χ4n) is 3.28. The summed E-state index contributed by atoms with van der Waals surface area (Å²) < 4.78 is 5.81. The lowest BCUT2D eigenvalue weighted by atomic mass is 10.1. The number of amides is 3. The van der Waals surface area contributed by atoms with Crippen molar-refractivity contribution >= 4 is 23.3 Å². The highest BCUT2D eigenvalue weighted by atomic mass is 16.5. The number of hydrogen-bond acceptors (Lipinski definition) is 4. The number of hydrogen-bond donors (Lipinski definition) is 2. The van der Waals surface area contributed by atoms with Crippen LogP contribution in [0.2, 0.25) is 0 Å². The van der Waals surface area contributed by atoms with Gasteiger partial charge in [0.1, 0.15) is 11.5 Å². The minimum atomic E-state index is -0.235. The smallest absolute Gasteiger partial charge is 0.321 e. The predicted octanol–water partition coefficient (Wildman–Crippen LogP) is 4.44. The number of ether oxygens (including phenoxy) is 1. The number of nitriles is 1. The molecule has 0 aliphatic carbocycles. The second kappa shape index (κ2) is 8.59. The second-order valence-electron chi connectivity index (χ2n) is 7.10. The van der Waals surface area contributed by atoms with Crippen molar-refractivity contribution in [3.8, 4) is 17.6 Å². The highest BCUT2D eigenvalue weighted by Crippen LogP contribution is 2.27. The summed E-state index contributed by atoms with van der Waals surface area (Å²) in [6.07, 6.45) is 0. The van der Waals surface area contributed by atoms with E-state index in [9.17, 15) is 9.59 Å². The van der Waals surface area contributed by atoms with Gasteiger partial charge < -0.3 is 15.4 Å². The molecule has 0 atom stereocenters. The van der Waals surface area contributed by atoms with Gasteiger partial charge in [0.25, 0.3) is 5.91 Å². The largest absolute Gasteiger partial charge is 0.457 e. The first kappa shape index (κ1) is 20.0. The highest BCUT2D eigenvalue weighted by molar-refractivity contribution is 6.05. The molecule has 3 amide bonds. The van der Waals surface area contributed by atoms with Crippen molar-refractivity contribution in [2.75, 3.05) is 23.3 Å². The van der Waals surface area contributed by atoms with E-state index in [4.69, 9.17) is 10.00 Å². The molecule has 0 bridgehead atoms. The van der Waals surface area contributed by atoms with Gasteiger partial charge in [-0.15, -0.1) is 0 Å². The molecule has 0 unspecified atom stereocenters. The normalized spacial score (nSPS) is 12.8. The average Bonchev–Trinajstić information content (AvgIpc) is 3.22. The van der Waals surface area contributed by atoms with Crippen LogP contribution in [0.5, 0.6) is 11.5 Å². The number of urea groups is 1. The van der Waals surface area contributed by atoms with Gasteiger partial charge in [-0.05, 0) is 79.2 Å². The molecule has 1 aliphatic rings. The van der Waals surface area contributed by atoms with Crippen LogP contribution in [0.25, 0.3) is 0 Å². The van der Waals surface area contributed by atoms with Crippen LogP contribution in [0.1, 0.15) is 21.5 Å². The Bertz CT molecular complexity index is 1160. The Hall–Kier alpha value is -4.31. The Labute approximate surface area is 179 Å². The molecular formula is C24H20N4O3. The van der Waals surface area contributed by atoms with E-state index in [1.54, 1.807) is 65.6 Å². The van der Waals surface area contributed by atoms with Crippen molar-refractivity contribution in [1.82, 2.24) is 5.32 Å².